The number of thiazole rings is 1. The molecule has 1 fully saturated rings. The third-order valence-electron chi connectivity index (χ3n) is 3.79. The van der Waals surface area contributed by atoms with Crippen LogP contribution in [0.1, 0.15) is 9.67 Å². The molecular formula is C15H14N4O2S2. The largest absolute Gasteiger partial charge is 0.507 e. The molecular weight excluding hydrogens is 332 g/mol. The molecule has 0 unspecified atom stereocenters. The SMILES string of the molecule is O=C(c1cc(O)cs1)N1CCN(c2nc3cccnc3s2)CC1. The maximum Gasteiger partial charge on any atom is 0.264 e. The lowest BCUT2D eigenvalue weighted by Gasteiger charge is -2.34. The minimum atomic E-state index is -0.0130. The second-order valence-corrected chi connectivity index (χ2v) is 7.14. The highest BCUT2D eigenvalue weighted by Crippen LogP contribution is 2.28. The summed E-state index contributed by atoms with van der Waals surface area (Å²) in [5.41, 5.74) is 0.917. The lowest BCUT2D eigenvalue weighted by Crippen LogP contribution is -2.48. The Morgan fingerprint density at radius 3 is 2.78 bits per heavy atom. The highest BCUT2D eigenvalue weighted by Gasteiger charge is 2.24. The zero-order chi connectivity index (χ0) is 15.8. The van der Waals surface area contributed by atoms with Gasteiger partial charge in [0.2, 0.25) is 0 Å². The van der Waals surface area contributed by atoms with E-state index in [4.69, 9.17) is 0 Å². The van der Waals surface area contributed by atoms with Gasteiger partial charge in [0, 0.05) is 43.8 Å². The number of thiophene rings is 1. The number of nitrogens with zero attached hydrogens (tertiary/aromatic N) is 4. The van der Waals surface area contributed by atoms with Crippen LogP contribution in [-0.4, -0.2) is 52.1 Å². The van der Waals surface area contributed by atoms with Crippen LogP contribution in [0.15, 0.2) is 29.8 Å². The topological polar surface area (TPSA) is 69.6 Å². The van der Waals surface area contributed by atoms with Crippen LogP contribution in [0.4, 0.5) is 5.13 Å². The summed E-state index contributed by atoms with van der Waals surface area (Å²) in [5, 5.41) is 11.9. The molecule has 23 heavy (non-hydrogen) atoms. The van der Waals surface area contributed by atoms with Crippen molar-refractivity contribution in [2.45, 2.75) is 0 Å². The number of anilines is 1. The minimum Gasteiger partial charge on any atom is -0.507 e. The standard InChI is InChI=1S/C15H14N4O2S2/c20-10-8-12(22-9-10)14(21)18-4-6-19(7-5-18)15-17-11-2-1-3-16-13(11)23-15/h1-3,8-9,20H,4-7H2. The van der Waals surface area contributed by atoms with Crippen LogP contribution in [0, 0.1) is 0 Å². The highest BCUT2D eigenvalue weighted by atomic mass is 32.1. The van der Waals surface area contributed by atoms with Crippen LogP contribution in [-0.2, 0) is 0 Å². The molecule has 118 valence electrons. The zero-order valence-corrected chi connectivity index (χ0v) is 13.8. The maximum absolute atomic E-state index is 12.4. The zero-order valence-electron chi connectivity index (χ0n) is 12.2. The molecule has 1 N–H and O–H groups in total. The van der Waals surface area contributed by atoms with Gasteiger partial charge in [-0.15, -0.1) is 11.3 Å². The van der Waals surface area contributed by atoms with Gasteiger partial charge < -0.3 is 14.9 Å². The van der Waals surface area contributed by atoms with Crippen molar-refractivity contribution >= 4 is 44.1 Å². The number of carbonyl (C=O) groups excluding carboxylic acids is 1. The fourth-order valence-electron chi connectivity index (χ4n) is 2.59. The van der Waals surface area contributed by atoms with E-state index in [1.165, 1.54) is 17.4 Å². The minimum absolute atomic E-state index is 0.0130. The van der Waals surface area contributed by atoms with Gasteiger partial charge >= 0.3 is 0 Å². The lowest BCUT2D eigenvalue weighted by molar-refractivity contribution is 0.0751. The Bertz CT molecular complexity index is 819. The smallest absolute Gasteiger partial charge is 0.264 e. The number of piperazine rings is 1. The van der Waals surface area contributed by atoms with E-state index in [9.17, 15) is 9.90 Å². The summed E-state index contributed by atoms with van der Waals surface area (Å²) in [5.74, 6) is 0.139. The first-order valence-electron chi connectivity index (χ1n) is 7.24. The molecule has 4 rings (SSSR count). The number of hydrogen-bond acceptors (Lipinski definition) is 7. The lowest BCUT2D eigenvalue weighted by atomic mass is 10.3. The second-order valence-electron chi connectivity index (χ2n) is 5.27. The predicted molar refractivity (Wildman–Crippen MR) is 91.5 cm³/mol. The van der Waals surface area contributed by atoms with Crippen LogP contribution in [0.5, 0.6) is 5.75 Å². The molecule has 0 spiro atoms. The molecule has 3 aromatic rings. The highest BCUT2D eigenvalue weighted by molar-refractivity contribution is 7.21. The summed E-state index contributed by atoms with van der Waals surface area (Å²) >= 11 is 2.86. The number of pyridine rings is 1. The van der Waals surface area contributed by atoms with Crippen LogP contribution in [0.2, 0.25) is 0 Å². The van der Waals surface area contributed by atoms with Crippen molar-refractivity contribution < 1.29 is 9.90 Å². The summed E-state index contributed by atoms with van der Waals surface area (Å²) in [6.07, 6.45) is 1.78. The quantitative estimate of drug-likeness (QED) is 0.772. The fourth-order valence-corrected chi connectivity index (χ4v) is 4.28. The number of amides is 1. The van der Waals surface area contributed by atoms with Crippen LogP contribution < -0.4 is 4.90 Å². The Morgan fingerprint density at radius 2 is 2.09 bits per heavy atom. The van der Waals surface area contributed by atoms with Gasteiger partial charge in [0.05, 0.1) is 4.88 Å². The van der Waals surface area contributed by atoms with Crippen molar-refractivity contribution in [1.82, 2.24) is 14.9 Å². The summed E-state index contributed by atoms with van der Waals surface area (Å²) in [7, 11) is 0. The van der Waals surface area contributed by atoms with Crippen LogP contribution in [0.25, 0.3) is 10.3 Å². The maximum atomic E-state index is 12.4. The van der Waals surface area contributed by atoms with Gasteiger partial charge in [-0.1, -0.05) is 11.3 Å². The molecule has 0 aromatic carbocycles. The summed E-state index contributed by atoms with van der Waals surface area (Å²) in [4.78, 5) is 26.9. The number of carbonyl (C=O) groups is 1. The van der Waals surface area contributed by atoms with Crippen LogP contribution >= 0.6 is 22.7 Å². The van der Waals surface area contributed by atoms with E-state index in [1.807, 2.05) is 17.0 Å². The van der Waals surface area contributed by atoms with Gasteiger partial charge in [-0.2, -0.15) is 0 Å². The summed E-state index contributed by atoms with van der Waals surface area (Å²) < 4.78 is 0. The van der Waals surface area contributed by atoms with Crippen molar-refractivity contribution in [2.24, 2.45) is 0 Å². The fraction of sp³-hybridized carbons (Fsp3) is 0.267. The van der Waals surface area contributed by atoms with E-state index >= 15 is 0 Å². The van der Waals surface area contributed by atoms with E-state index in [0.29, 0.717) is 18.0 Å². The molecule has 6 nitrogen and oxygen atoms in total. The number of aromatic nitrogens is 2. The molecule has 0 saturated carbocycles. The molecule has 4 heterocycles. The van der Waals surface area contributed by atoms with Gasteiger partial charge in [0.1, 0.15) is 16.1 Å². The Labute approximate surface area is 140 Å². The number of rotatable bonds is 2. The predicted octanol–water partition coefficient (Wildman–Crippen LogP) is 2.42. The molecule has 0 atom stereocenters. The Morgan fingerprint density at radius 1 is 1.26 bits per heavy atom. The van der Waals surface area contributed by atoms with E-state index in [2.05, 4.69) is 14.9 Å². The van der Waals surface area contributed by atoms with E-state index in [0.717, 1.165) is 28.6 Å². The van der Waals surface area contributed by atoms with Crippen molar-refractivity contribution in [1.29, 1.82) is 0 Å². The third kappa shape index (κ3) is 2.75. The molecule has 3 aromatic heterocycles. The Kier molecular flexibility index (Phi) is 3.62. The monoisotopic (exact) mass is 346 g/mol. The molecule has 1 saturated heterocycles. The normalized spacial score (nSPS) is 15.3. The van der Waals surface area contributed by atoms with Crippen molar-refractivity contribution in [2.75, 3.05) is 31.1 Å². The van der Waals surface area contributed by atoms with E-state index in [1.54, 1.807) is 22.9 Å². The molecule has 8 heteroatoms. The molecule has 0 radical (unpaired) electrons. The van der Waals surface area contributed by atoms with Gasteiger partial charge in [-0.3, -0.25) is 4.79 Å². The van der Waals surface area contributed by atoms with Crippen LogP contribution in [0.3, 0.4) is 0 Å². The number of aromatic hydroxyl groups is 1. The Hall–Kier alpha value is -2.19. The van der Waals surface area contributed by atoms with Crippen molar-refractivity contribution in [3.63, 3.8) is 0 Å². The van der Waals surface area contributed by atoms with Crippen molar-refractivity contribution in [3.05, 3.63) is 34.7 Å². The van der Waals surface area contributed by atoms with Gasteiger partial charge in [0.15, 0.2) is 5.13 Å². The second kappa shape index (κ2) is 5.78. The van der Waals surface area contributed by atoms with E-state index < -0.39 is 0 Å². The first kappa shape index (κ1) is 14.4. The number of hydrogen-bond donors (Lipinski definition) is 1. The summed E-state index contributed by atoms with van der Waals surface area (Å²) in [6.45, 7) is 2.81. The Balaban J connectivity index is 1.45. The van der Waals surface area contributed by atoms with Gasteiger partial charge in [-0.25, -0.2) is 9.97 Å². The van der Waals surface area contributed by atoms with E-state index in [-0.39, 0.29) is 11.7 Å². The molecule has 0 aliphatic carbocycles. The van der Waals surface area contributed by atoms with Gasteiger partial charge in [0.25, 0.3) is 5.91 Å². The van der Waals surface area contributed by atoms with Gasteiger partial charge in [-0.05, 0) is 12.1 Å². The first-order valence-corrected chi connectivity index (χ1v) is 8.93. The average molecular weight is 346 g/mol. The molecule has 1 aliphatic heterocycles. The molecule has 1 amide bonds. The first-order chi connectivity index (χ1) is 11.2. The molecule has 0 bridgehead atoms. The number of fused-ring (bicyclic) bond motifs is 1. The average Bonchev–Trinajstić information content (AvgIpc) is 3.20. The molecule has 1 aliphatic rings. The summed E-state index contributed by atoms with van der Waals surface area (Å²) in [6, 6.07) is 5.38. The third-order valence-corrected chi connectivity index (χ3v) is 5.73. The van der Waals surface area contributed by atoms with Crippen molar-refractivity contribution in [3.8, 4) is 5.75 Å².